The van der Waals surface area contributed by atoms with Crippen molar-refractivity contribution < 1.29 is 4.79 Å². The molecule has 102 valence electrons. The number of hydrogen-bond donors (Lipinski definition) is 1. The molecule has 1 aromatic rings. The van der Waals surface area contributed by atoms with Gasteiger partial charge >= 0.3 is 0 Å². The molecule has 2 atom stereocenters. The van der Waals surface area contributed by atoms with Crippen LogP contribution < -0.4 is 5.73 Å². The van der Waals surface area contributed by atoms with E-state index in [1.54, 1.807) is 0 Å². The smallest absolute Gasteiger partial charge is 0.225 e. The van der Waals surface area contributed by atoms with Crippen LogP contribution in [0.4, 0.5) is 0 Å². The summed E-state index contributed by atoms with van der Waals surface area (Å²) in [7, 11) is 0. The minimum absolute atomic E-state index is 0.00528. The van der Waals surface area contributed by atoms with E-state index in [1.807, 2.05) is 29.2 Å². The van der Waals surface area contributed by atoms with Crippen molar-refractivity contribution in [3.8, 4) is 0 Å². The Hall–Kier alpha value is -1.06. The standard InChI is InChI=1S/C15H19ClN2O/c16-11-5-3-4-10(8-11)15-13(17)9-14(19)18(15)12-6-1-2-7-12/h3-5,8,12-13,15H,1-2,6-7,9,17H2. The normalized spacial score (nSPS) is 28.3. The number of nitrogens with two attached hydrogens (primary N) is 1. The van der Waals surface area contributed by atoms with Crippen molar-refractivity contribution in [1.82, 2.24) is 4.90 Å². The molecule has 0 aromatic heterocycles. The molecule has 0 radical (unpaired) electrons. The van der Waals surface area contributed by atoms with Gasteiger partial charge in [0.25, 0.3) is 0 Å². The van der Waals surface area contributed by atoms with Crippen LogP contribution in [-0.4, -0.2) is 22.9 Å². The van der Waals surface area contributed by atoms with Crippen LogP contribution >= 0.6 is 11.6 Å². The minimum atomic E-state index is -0.119. The van der Waals surface area contributed by atoms with Gasteiger partial charge in [0.2, 0.25) is 5.91 Å². The second-order valence-corrected chi connectivity index (χ2v) is 6.04. The molecule has 2 aliphatic rings. The van der Waals surface area contributed by atoms with Crippen molar-refractivity contribution >= 4 is 17.5 Å². The molecule has 1 amide bonds. The summed E-state index contributed by atoms with van der Waals surface area (Å²) in [6.45, 7) is 0. The van der Waals surface area contributed by atoms with Crippen molar-refractivity contribution in [3.63, 3.8) is 0 Å². The molecule has 2 N–H and O–H groups in total. The Kier molecular flexibility index (Phi) is 3.50. The Morgan fingerprint density at radius 1 is 1.26 bits per heavy atom. The lowest BCUT2D eigenvalue weighted by atomic mass is 9.99. The van der Waals surface area contributed by atoms with Crippen molar-refractivity contribution in [2.24, 2.45) is 5.73 Å². The number of likely N-dealkylation sites (tertiary alicyclic amines) is 1. The topological polar surface area (TPSA) is 46.3 Å². The number of halogens is 1. The van der Waals surface area contributed by atoms with Crippen LogP contribution in [0.2, 0.25) is 5.02 Å². The predicted octanol–water partition coefficient (Wildman–Crippen LogP) is 2.88. The van der Waals surface area contributed by atoms with Crippen LogP contribution in [0.3, 0.4) is 0 Å². The predicted molar refractivity (Wildman–Crippen MR) is 75.9 cm³/mol. The van der Waals surface area contributed by atoms with E-state index in [0.717, 1.165) is 18.4 Å². The summed E-state index contributed by atoms with van der Waals surface area (Å²) in [6, 6.07) is 7.99. The van der Waals surface area contributed by atoms with Gasteiger partial charge in [-0.05, 0) is 30.5 Å². The number of carbonyl (C=O) groups excluding carboxylic acids is 1. The van der Waals surface area contributed by atoms with Crippen molar-refractivity contribution in [1.29, 1.82) is 0 Å². The SMILES string of the molecule is NC1CC(=O)N(C2CCCC2)C1c1cccc(Cl)c1. The van der Waals surface area contributed by atoms with Gasteiger partial charge < -0.3 is 10.6 Å². The van der Waals surface area contributed by atoms with E-state index in [2.05, 4.69) is 0 Å². The van der Waals surface area contributed by atoms with E-state index in [4.69, 9.17) is 17.3 Å². The first-order valence-corrected chi connectivity index (χ1v) is 7.37. The summed E-state index contributed by atoms with van der Waals surface area (Å²) >= 11 is 6.07. The first-order chi connectivity index (χ1) is 9.16. The maximum atomic E-state index is 12.3. The van der Waals surface area contributed by atoms with Crippen molar-refractivity contribution in [3.05, 3.63) is 34.9 Å². The Labute approximate surface area is 118 Å². The monoisotopic (exact) mass is 278 g/mol. The molecule has 0 spiro atoms. The highest BCUT2D eigenvalue weighted by Crippen LogP contribution is 2.38. The van der Waals surface area contributed by atoms with Gasteiger partial charge in [-0.1, -0.05) is 36.6 Å². The molecule has 2 unspecified atom stereocenters. The van der Waals surface area contributed by atoms with E-state index in [9.17, 15) is 4.79 Å². The Morgan fingerprint density at radius 2 is 2.00 bits per heavy atom. The second kappa shape index (κ2) is 5.14. The number of amides is 1. The highest BCUT2D eigenvalue weighted by Gasteiger charge is 2.42. The van der Waals surface area contributed by atoms with E-state index < -0.39 is 0 Å². The van der Waals surface area contributed by atoms with Gasteiger partial charge in [0, 0.05) is 23.5 Å². The zero-order valence-electron chi connectivity index (χ0n) is 10.9. The molecule has 0 bridgehead atoms. The van der Waals surface area contributed by atoms with Crippen LogP contribution in [0.15, 0.2) is 24.3 Å². The third-order valence-electron chi connectivity index (χ3n) is 4.31. The molecule has 1 aliphatic carbocycles. The van der Waals surface area contributed by atoms with Gasteiger partial charge in [0.15, 0.2) is 0 Å². The first kappa shape index (κ1) is 12.9. The third-order valence-corrected chi connectivity index (χ3v) is 4.55. The van der Waals surface area contributed by atoms with Gasteiger partial charge in [-0.25, -0.2) is 0 Å². The summed E-state index contributed by atoms with van der Waals surface area (Å²) in [6.07, 6.45) is 5.09. The fourth-order valence-electron chi connectivity index (χ4n) is 3.49. The first-order valence-electron chi connectivity index (χ1n) is 6.99. The molecule has 2 fully saturated rings. The van der Waals surface area contributed by atoms with Crippen molar-refractivity contribution in [2.45, 2.75) is 50.2 Å². The van der Waals surface area contributed by atoms with Crippen LogP contribution in [0.1, 0.15) is 43.7 Å². The van der Waals surface area contributed by atoms with Crippen LogP contribution in [-0.2, 0) is 4.79 Å². The summed E-state index contributed by atoms with van der Waals surface area (Å²) in [5, 5.41) is 0.704. The Balaban J connectivity index is 1.94. The van der Waals surface area contributed by atoms with Crippen LogP contribution in [0.5, 0.6) is 0 Å². The molecule has 1 saturated carbocycles. The molecular weight excluding hydrogens is 260 g/mol. The summed E-state index contributed by atoms with van der Waals surface area (Å²) in [5.74, 6) is 0.198. The molecule has 3 nitrogen and oxygen atoms in total. The van der Waals surface area contributed by atoms with Gasteiger partial charge in [0.1, 0.15) is 0 Å². The number of benzene rings is 1. The molecule has 1 aliphatic heterocycles. The molecule has 19 heavy (non-hydrogen) atoms. The van der Waals surface area contributed by atoms with Gasteiger partial charge in [-0.2, -0.15) is 0 Å². The molecular formula is C15H19ClN2O. The number of nitrogens with zero attached hydrogens (tertiary/aromatic N) is 1. The van der Waals surface area contributed by atoms with Crippen molar-refractivity contribution in [2.75, 3.05) is 0 Å². The fraction of sp³-hybridized carbons (Fsp3) is 0.533. The average Bonchev–Trinajstić information content (AvgIpc) is 2.96. The maximum absolute atomic E-state index is 12.3. The molecule has 1 heterocycles. The quantitative estimate of drug-likeness (QED) is 0.904. The lowest BCUT2D eigenvalue weighted by Crippen LogP contribution is -2.39. The molecule has 1 aromatic carbocycles. The fourth-order valence-corrected chi connectivity index (χ4v) is 3.69. The van der Waals surface area contributed by atoms with E-state index in [-0.39, 0.29) is 18.0 Å². The van der Waals surface area contributed by atoms with Gasteiger partial charge in [0.05, 0.1) is 6.04 Å². The Bertz CT molecular complexity index is 485. The largest absolute Gasteiger partial charge is 0.331 e. The van der Waals surface area contributed by atoms with Crippen LogP contribution in [0, 0.1) is 0 Å². The lowest BCUT2D eigenvalue weighted by Gasteiger charge is -2.32. The van der Waals surface area contributed by atoms with E-state index in [0.29, 0.717) is 17.5 Å². The Morgan fingerprint density at radius 3 is 2.68 bits per heavy atom. The van der Waals surface area contributed by atoms with Crippen LogP contribution in [0.25, 0.3) is 0 Å². The van der Waals surface area contributed by atoms with Gasteiger partial charge in [-0.15, -0.1) is 0 Å². The maximum Gasteiger partial charge on any atom is 0.225 e. The molecule has 4 heteroatoms. The zero-order valence-corrected chi connectivity index (χ0v) is 11.6. The van der Waals surface area contributed by atoms with Gasteiger partial charge in [-0.3, -0.25) is 4.79 Å². The van der Waals surface area contributed by atoms with E-state index >= 15 is 0 Å². The van der Waals surface area contributed by atoms with E-state index in [1.165, 1.54) is 12.8 Å². The molecule has 3 rings (SSSR count). The lowest BCUT2D eigenvalue weighted by molar-refractivity contribution is -0.131. The average molecular weight is 279 g/mol. The minimum Gasteiger partial charge on any atom is -0.331 e. The number of rotatable bonds is 2. The summed E-state index contributed by atoms with van der Waals surface area (Å²) < 4.78 is 0. The molecule has 1 saturated heterocycles. The number of hydrogen-bond acceptors (Lipinski definition) is 2. The number of carbonyl (C=O) groups is 1. The second-order valence-electron chi connectivity index (χ2n) is 5.61. The third kappa shape index (κ3) is 2.37. The summed E-state index contributed by atoms with van der Waals surface area (Å²) in [4.78, 5) is 14.3. The zero-order chi connectivity index (χ0) is 13.4. The highest BCUT2D eigenvalue weighted by atomic mass is 35.5. The summed E-state index contributed by atoms with van der Waals surface area (Å²) in [5.41, 5.74) is 7.27. The highest BCUT2D eigenvalue weighted by molar-refractivity contribution is 6.30.